The molecule has 0 atom stereocenters. The van der Waals surface area contributed by atoms with E-state index in [2.05, 4.69) is 4.98 Å². The molecule has 0 fully saturated rings. The predicted molar refractivity (Wildman–Crippen MR) is 47.3 cm³/mol. The lowest BCUT2D eigenvalue weighted by Gasteiger charge is -1.94. The third-order valence-electron chi connectivity index (χ3n) is 2.10. The topological polar surface area (TPSA) is 70.2 Å². The van der Waals surface area contributed by atoms with Crippen molar-refractivity contribution in [3.8, 4) is 0 Å². The van der Waals surface area contributed by atoms with Crippen LogP contribution >= 0.6 is 0 Å². The number of aromatic carboxylic acids is 1. The normalized spacial score (nSPS) is 10.0. The van der Waals surface area contributed by atoms with Gasteiger partial charge in [0.25, 0.3) is 0 Å². The number of aromatic nitrogens is 1. The van der Waals surface area contributed by atoms with E-state index < -0.39 is 5.97 Å². The number of hydrogen-bond acceptors (Lipinski definition) is 2. The fourth-order valence-electron chi connectivity index (χ4n) is 1.43. The Morgan fingerprint density at radius 3 is 2.54 bits per heavy atom. The number of carbonyl (C=O) groups is 2. The summed E-state index contributed by atoms with van der Waals surface area (Å²) in [6, 6.07) is 0. The summed E-state index contributed by atoms with van der Waals surface area (Å²) in [5.74, 6) is -1.03. The molecule has 0 aromatic carbocycles. The Morgan fingerprint density at radius 2 is 2.23 bits per heavy atom. The molecule has 4 heteroatoms. The lowest BCUT2D eigenvalue weighted by molar-refractivity contribution is 0.0690. The first-order valence-electron chi connectivity index (χ1n) is 4.01. The number of rotatable bonds is 3. The summed E-state index contributed by atoms with van der Waals surface area (Å²) in [4.78, 5) is 23.8. The number of carboxylic acids is 1. The second-order valence-corrected chi connectivity index (χ2v) is 2.79. The van der Waals surface area contributed by atoms with Crippen LogP contribution in [0.2, 0.25) is 0 Å². The Balaban J connectivity index is 3.34. The maximum absolute atomic E-state index is 10.7. The maximum Gasteiger partial charge on any atom is 0.352 e. The van der Waals surface area contributed by atoms with Gasteiger partial charge in [0.1, 0.15) is 5.69 Å². The molecule has 2 N–H and O–H groups in total. The van der Waals surface area contributed by atoms with Crippen LogP contribution in [0.3, 0.4) is 0 Å². The van der Waals surface area contributed by atoms with Crippen molar-refractivity contribution >= 4 is 12.3 Å². The van der Waals surface area contributed by atoms with Crippen LogP contribution in [0.25, 0.3) is 0 Å². The number of hydrogen-bond donors (Lipinski definition) is 2. The average Bonchev–Trinajstić information content (AvgIpc) is 2.41. The van der Waals surface area contributed by atoms with Crippen molar-refractivity contribution in [3.05, 3.63) is 22.5 Å². The summed E-state index contributed by atoms with van der Waals surface area (Å²) >= 11 is 0. The smallest absolute Gasteiger partial charge is 0.352 e. The van der Waals surface area contributed by atoms with Gasteiger partial charge in [0.15, 0.2) is 6.29 Å². The zero-order chi connectivity index (χ0) is 10.0. The summed E-state index contributed by atoms with van der Waals surface area (Å²) < 4.78 is 0. The van der Waals surface area contributed by atoms with E-state index in [0.29, 0.717) is 24.0 Å². The first-order valence-corrected chi connectivity index (χ1v) is 4.01. The largest absolute Gasteiger partial charge is 0.477 e. The van der Waals surface area contributed by atoms with E-state index in [0.717, 1.165) is 5.56 Å². The number of carbonyl (C=O) groups excluding carboxylic acids is 1. The van der Waals surface area contributed by atoms with Crippen LogP contribution in [0.1, 0.15) is 39.0 Å². The number of carboxylic acid groups (broad SMARTS) is 1. The van der Waals surface area contributed by atoms with Crippen LogP contribution in [0.4, 0.5) is 0 Å². The zero-order valence-electron chi connectivity index (χ0n) is 7.55. The Bertz CT molecular complexity index is 352. The molecule has 0 aliphatic rings. The van der Waals surface area contributed by atoms with Crippen molar-refractivity contribution in [2.75, 3.05) is 0 Å². The minimum atomic E-state index is -1.03. The molecule has 0 amide bonds. The van der Waals surface area contributed by atoms with Gasteiger partial charge in [-0.25, -0.2) is 4.79 Å². The van der Waals surface area contributed by atoms with Crippen LogP contribution in [0, 0.1) is 6.92 Å². The fourth-order valence-corrected chi connectivity index (χ4v) is 1.43. The average molecular weight is 181 g/mol. The van der Waals surface area contributed by atoms with Crippen LogP contribution in [-0.2, 0) is 6.42 Å². The fraction of sp³-hybridized carbons (Fsp3) is 0.333. The van der Waals surface area contributed by atoms with E-state index in [4.69, 9.17) is 5.11 Å². The van der Waals surface area contributed by atoms with E-state index >= 15 is 0 Å². The van der Waals surface area contributed by atoms with Crippen LogP contribution < -0.4 is 0 Å². The summed E-state index contributed by atoms with van der Waals surface area (Å²) in [7, 11) is 0. The zero-order valence-corrected chi connectivity index (χ0v) is 7.55. The highest BCUT2D eigenvalue weighted by molar-refractivity contribution is 5.90. The molecule has 0 saturated heterocycles. The van der Waals surface area contributed by atoms with Gasteiger partial charge in [-0.2, -0.15) is 0 Å². The molecule has 1 heterocycles. The van der Waals surface area contributed by atoms with Gasteiger partial charge in [-0.3, -0.25) is 4.79 Å². The van der Waals surface area contributed by atoms with Gasteiger partial charge in [0.2, 0.25) is 0 Å². The Kier molecular flexibility index (Phi) is 2.51. The van der Waals surface area contributed by atoms with Gasteiger partial charge in [-0.05, 0) is 24.5 Å². The van der Waals surface area contributed by atoms with Gasteiger partial charge in [-0.15, -0.1) is 0 Å². The molecule has 1 aromatic heterocycles. The Hall–Kier alpha value is -1.58. The third kappa shape index (κ3) is 1.47. The molecule has 0 spiro atoms. The second-order valence-electron chi connectivity index (χ2n) is 2.79. The van der Waals surface area contributed by atoms with Crippen molar-refractivity contribution in [1.29, 1.82) is 0 Å². The molecule has 0 unspecified atom stereocenters. The SMILES string of the molecule is CCc1c(C=O)[nH]c(C(=O)O)c1C. The minimum Gasteiger partial charge on any atom is -0.477 e. The highest BCUT2D eigenvalue weighted by Crippen LogP contribution is 2.17. The quantitative estimate of drug-likeness (QED) is 0.692. The molecule has 4 nitrogen and oxygen atoms in total. The van der Waals surface area contributed by atoms with Gasteiger partial charge in [0.05, 0.1) is 5.69 Å². The standard InChI is InChI=1S/C9H11NO3/c1-3-6-5(2)8(9(12)13)10-7(6)4-11/h4,10H,3H2,1-2H3,(H,12,13). The van der Waals surface area contributed by atoms with Crippen LogP contribution in [0.15, 0.2) is 0 Å². The van der Waals surface area contributed by atoms with Gasteiger partial charge in [0, 0.05) is 0 Å². The number of aldehydes is 1. The molecule has 0 aliphatic carbocycles. The van der Waals surface area contributed by atoms with E-state index in [-0.39, 0.29) is 5.69 Å². The number of H-pyrrole nitrogens is 1. The summed E-state index contributed by atoms with van der Waals surface area (Å²) in [6.45, 7) is 3.58. The van der Waals surface area contributed by atoms with Crippen molar-refractivity contribution in [1.82, 2.24) is 4.98 Å². The third-order valence-corrected chi connectivity index (χ3v) is 2.10. The molecule has 1 rings (SSSR count). The molecule has 0 aliphatic heterocycles. The van der Waals surface area contributed by atoms with E-state index in [1.54, 1.807) is 6.92 Å². The molecule has 13 heavy (non-hydrogen) atoms. The highest BCUT2D eigenvalue weighted by atomic mass is 16.4. The first-order chi connectivity index (χ1) is 6.11. The monoisotopic (exact) mass is 181 g/mol. The Morgan fingerprint density at radius 1 is 1.62 bits per heavy atom. The molecule has 70 valence electrons. The van der Waals surface area contributed by atoms with Crippen molar-refractivity contribution in [2.24, 2.45) is 0 Å². The molecular formula is C9H11NO3. The number of nitrogens with one attached hydrogen (secondary N) is 1. The van der Waals surface area contributed by atoms with Crippen molar-refractivity contribution in [2.45, 2.75) is 20.3 Å². The maximum atomic E-state index is 10.7. The summed E-state index contributed by atoms with van der Waals surface area (Å²) in [5, 5.41) is 8.75. The second kappa shape index (κ2) is 3.43. The molecule has 0 radical (unpaired) electrons. The van der Waals surface area contributed by atoms with Crippen LogP contribution in [0.5, 0.6) is 0 Å². The Labute approximate surface area is 75.6 Å². The highest BCUT2D eigenvalue weighted by Gasteiger charge is 2.16. The summed E-state index contributed by atoms with van der Waals surface area (Å²) in [5.41, 5.74) is 1.92. The molecule has 0 bridgehead atoms. The van der Waals surface area contributed by atoms with Gasteiger partial charge >= 0.3 is 5.97 Å². The van der Waals surface area contributed by atoms with E-state index in [9.17, 15) is 9.59 Å². The van der Waals surface area contributed by atoms with Crippen molar-refractivity contribution < 1.29 is 14.7 Å². The summed E-state index contributed by atoms with van der Waals surface area (Å²) in [6.07, 6.45) is 1.31. The minimum absolute atomic E-state index is 0.110. The molecule has 1 aromatic rings. The predicted octanol–water partition coefficient (Wildman–Crippen LogP) is 1.40. The van der Waals surface area contributed by atoms with E-state index in [1.807, 2.05) is 6.92 Å². The molecular weight excluding hydrogens is 170 g/mol. The lowest BCUT2D eigenvalue weighted by Crippen LogP contribution is -1.98. The van der Waals surface area contributed by atoms with Crippen molar-refractivity contribution in [3.63, 3.8) is 0 Å². The van der Waals surface area contributed by atoms with Gasteiger partial charge < -0.3 is 10.1 Å². The lowest BCUT2D eigenvalue weighted by atomic mass is 10.1. The van der Waals surface area contributed by atoms with E-state index in [1.165, 1.54) is 0 Å². The van der Waals surface area contributed by atoms with Gasteiger partial charge in [-0.1, -0.05) is 6.92 Å². The first kappa shape index (κ1) is 9.51. The number of aromatic amines is 1. The molecule has 0 saturated carbocycles. The van der Waals surface area contributed by atoms with Crippen LogP contribution in [-0.4, -0.2) is 22.3 Å².